The molecule has 0 atom stereocenters. The van der Waals surface area contributed by atoms with E-state index < -0.39 is 20.2 Å². The van der Waals surface area contributed by atoms with E-state index in [-0.39, 0.29) is 0 Å². The first kappa shape index (κ1) is 13.6. The van der Waals surface area contributed by atoms with Gasteiger partial charge in [0.15, 0.2) is 0 Å². The van der Waals surface area contributed by atoms with Crippen LogP contribution in [0.1, 0.15) is 18.1 Å². The molecule has 0 unspecified atom stereocenters. The van der Waals surface area contributed by atoms with Crippen molar-refractivity contribution in [3.05, 3.63) is 71.8 Å². The normalized spacial score (nSPS) is 10.8. The molecule has 0 aliphatic carbocycles. The molecule has 0 aromatic heterocycles. The van der Waals surface area contributed by atoms with E-state index in [1.165, 1.54) is 20.0 Å². The Bertz CT molecular complexity index is 400. The van der Waals surface area contributed by atoms with Crippen LogP contribution >= 0.6 is 0 Å². The molecule has 0 spiro atoms. The fraction of sp³-hybridized carbons (Fsp3) is 0.250. The molecule has 1 nitrogen and oxygen atoms in total. The molecule has 2 rings (SSSR count). The van der Waals surface area contributed by atoms with Gasteiger partial charge in [-0.15, -0.1) is 0 Å². The zero-order valence-corrected chi connectivity index (χ0v) is 13.7. The summed E-state index contributed by atoms with van der Waals surface area (Å²) in [7, 11) is 0. The van der Waals surface area contributed by atoms with Gasteiger partial charge in [-0.1, -0.05) is 0 Å². The van der Waals surface area contributed by atoms with Gasteiger partial charge < -0.3 is 0 Å². The molecule has 2 aromatic carbocycles. The van der Waals surface area contributed by atoms with Crippen molar-refractivity contribution in [2.45, 2.75) is 15.8 Å². The average molecular weight is 346 g/mol. The number of rotatable bonds is 6. The third kappa shape index (κ3) is 4.46. The first-order valence-corrected chi connectivity index (χ1v) is 11.6. The van der Waals surface area contributed by atoms with Crippen LogP contribution in [-0.2, 0) is 11.9 Å². The second-order valence-corrected chi connectivity index (χ2v) is 10.2. The zero-order chi connectivity index (χ0) is 12.6. The Balaban J connectivity index is 2.00. The minimum absolute atomic E-state index is 0.856. The summed E-state index contributed by atoms with van der Waals surface area (Å²) in [5, 5.41) is 0. The molecule has 2 heteroatoms. The summed E-state index contributed by atoms with van der Waals surface area (Å²) in [4.78, 5) is 0. The van der Waals surface area contributed by atoms with E-state index in [2.05, 4.69) is 67.6 Å². The fourth-order valence-corrected chi connectivity index (χ4v) is 8.06. The van der Waals surface area contributed by atoms with Crippen molar-refractivity contribution in [1.29, 1.82) is 0 Å². The number of hydrogen-bond acceptors (Lipinski definition) is 1. The van der Waals surface area contributed by atoms with Gasteiger partial charge in [-0.2, -0.15) is 0 Å². The van der Waals surface area contributed by atoms with Crippen LogP contribution in [0.2, 0.25) is 0 Å². The molecule has 0 saturated heterocycles. The monoisotopic (exact) mass is 347 g/mol. The first-order chi connectivity index (χ1) is 8.88. The summed E-state index contributed by atoms with van der Waals surface area (Å²) in [6.45, 7) is 2.96. The van der Waals surface area contributed by atoms with E-state index in [1.54, 1.807) is 0 Å². The molecule has 18 heavy (non-hydrogen) atoms. The van der Waals surface area contributed by atoms with Crippen molar-refractivity contribution in [2.24, 2.45) is 0 Å². The second-order valence-electron chi connectivity index (χ2n) is 4.30. The summed E-state index contributed by atoms with van der Waals surface area (Å²) >= 11 is -1.79. The van der Waals surface area contributed by atoms with Gasteiger partial charge in [0.05, 0.1) is 0 Å². The van der Waals surface area contributed by atoms with Gasteiger partial charge in [0.25, 0.3) is 0 Å². The maximum absolute atomic E-state index is 6.05. The Morgan fingerprint density at radius 3 is 1.61 bits per heavy atom. The van der Waals surface area contributed by atoms with Crippen LogP contribution in [0.3, 0.4) is 0 Å². The van der Waals surface area contributed by atoms with Gasteiger partial charge in [0.2, 0.25) is 0 Å². The van der Waals surface area contributed by atoms with E-state index >= 15 is 0 Å². The van der Waals surface area contributed by atoms with Crippen LogP contribution in [0.15, 0.2) is 60.7 Å². The van der Waals surface area contributed by atoms with Crippen molar-refractivity contribution in [1.82, 2.24) is 0 Å². The molecule has 0 fully saturated rings. The van der Waals surface area contributed by atoms with Crippen LogP contribution in [0.25, 0.3) is 0 Å². The molecule has 0 aliphatic rings. The van der Waals surface area contributed by atoms with Crippen molar-refractivity contribution >= 4 is 20.2 Å². The van der Waals surface area contributed by atoms with E-state index in [0.717, 1.165) is 6.61 Å². The average Bonchev–Trinajstić information content (AvgIpc) is 2.41. The molecule has 0 bridgehead atoms. The summed E-state index contributed by atoms with van der Waals surface area (Å²) < 4.78 is 8.39. The third-order valence-electron chi connectivity index (χ3n) is 2.84. The van der Waals surface area contributed by atoms with Gasteiger partial charge in [-0.05, 0) is 0 Å². The summed E-state index contributed by atoms with van der Waals surface area (Å²) in [5.74, 6) is 0. The fourth-order valence-electron chi connectivity index (χ4n) is 2.02. The molecule has 1 radical (unpaired) electrons. The van der Waals surface area contributed by atoms with E-state index in [4.69, 9.17) is 3.07 Å². The second kappa shape index (κ2) is 7.59. The van der Waals surface area contributed by atoms with E-state index in [9.17, 15) is 0 Å². The molecular weight excluding hydrogens is 327 g/mol. The Kier molecular flexibility index (Phi) is 5.75. The van der Waals surface area contributed by atoms with Gasteiger partial charge in [0.1, 0.15) is 0 Å². The molecule has 0 heterocycles. The maximum atomic E-state index is 6.05. The predicted octanol–water partition coefficient (Wildman–Crippen LogP) is 3.58. The Labute approximate surface area is 117 Å². The molecular formula is C16H19OSn. The minimum atomic E-state index is -1.79. The van der Waals surface area contributed by atoms with Crippen LogP contribution in [0.4, 0.5) is 0 Å². The Morgan fingerprint density at radius 2 is 1.22 bits per heavy atom. The quantitative estimate of drug-likeness (QED) is 0.727. The summed E-state index contributed by atoms with van der Waals surface area (Å²) in [5.41, 5.74) is 2.85. The summed E-state index contributed by atoms with van der Waals surface area (Å²) in [6, 6.07) is 21.5. The standard InChI is InChI=1S/2C7H7.C2H5O.Sn/c2*1-7-5-3-2-4-6-7;1-2-3;/h2*2-6H,1H2;2H2,1H3;/q;;-1;+1. The van der Waals surface area contributed by atoms with Crippen LogP contribution < -0.4 is 0 Å². The van der Waals surface area contributed by atoms with Gasteiger partial charge in [-0.25, -0.2) is 0 Å². The molecule has 0 N–H and O–H groups in total. The number of benzene rings is 2. The molecule has 93 valence electrons. The van der Waals surface area contributed by atoms with Crippen LogP contribution in [0.5, 0.6) is 0 Å². The predicted molar refractivity (Wildman–Crippen MR) is 77.7 cm³/mol. The van der Waals surface area contributed by atoms with Gasteiger partial charge in [-0.3, -0.25) is 0 Å². The zero-order valence-electron chi connectivity index (χ0n) is 10.8. The van der Waals surface area contributed by atoms with Gasteiger partial charge in [0, 0.05) is 0 Å². The van der Waals surface area contributed by atoms with Crippen molar-refractivity contribution in [3.63, 3.8) is 0 Å². The Morgan fingerprint density at radius 1 is 0.778 bits per heavy atom. The molecule has 0 aliphatic heterocycles. The van der Waals surface area contributed by atoms with Crippen molar-refractivity contribution in [3.8, 4) is 0 Å². The number of hydrogen-bond donors (Lipinski definition) is 0. The molecule has 2 aromatic rings. The van der Waals surface area contributed by atoms with Crippen molar-refractivity contribution < 1.29 is 3.07 Å². The third-order valence-corrected chi connectivity index (χ3v) is 9.41. The van der Waals surface area contributed by atoms with Gasteiger partial charge >= 0.3 is 117 Å². The van der Waals surface area contributed by atoms with Crippen LogP contribution in [0, 0.1) is 0 Å². The molecule has 0 amide bonds. The summed E-state index contributed by atoms with van der Waals surface area (Å²) in [6.07, 6.45) is 0. The van der Waals surface area contributed by atoms with Crippen LogP contribution in [-0.4, -0.2) is 26.8 Å². The SMILES string of the molecule is CC[O][Sn]([CH2]c1ccccc1)[CH2]c1ccccc1. The first-order valence-electron chi connectivity index (χ1n) is 6.44. The Hall–Kier alpha value is -0.801. The molecule has 0 saturated carbocycles. The topological polar surface area (TPSA) is 9.23 Å². The van der Waals surface area contributed by atoms with E-state index in [1.807, 2.05) is 0 Å². The van der Waals surface area contributed by atoms with Crippen molar-refractivity contribution in [2.75, 3.05) is 6.61 Å². The van der Waals surface area contributed by atoms with E-state index in [0.29, 0.717) is 0 Å².